The molecule has 0 saturated heterocycles. The normalized spacial score (nSPS) is 10.5. The molecule has 1 aromatic heterocycles. The van der Waals surface area contributed by atoms with E-state index in [1.807, 2.05) is 51.1 Å². The summed E-state index contributed by atoms with van der Waals surface area (Å²) >= 11 is 0. The highest BCUT2D eigenvalue weighted by Crippen LogP contribution is 2.29. The van der Waals surface area contributed by atoms with Crippen LogP contribution in [0.5, 0.6) is 17.2 Å². The first-order chi connectivity index (χ1) is 14.6. The smallest absolute Gasteiger partial charge is 0.276 e. The molecule has 1 heterocycles. The molecular formula is C23H27N3O4. The van der Waals surface area contributed by atoms with E-state index in [4.69, 9.17) is 14.2 Å². The molecule has 30 heavy (non-hydrogen) atoms. The van der Waals surface area contributed by atoms with E-state index in [0.29, 0.717) is 42.7 Å². The quantitative estimate of drug-likeness (QED) is 0.532. The van der Waals surface area contributed by atoms with Crippen molar-refractivity contribution in [3.8, 4) is 17.2 Å². The van der Waals surface area contributed by atoms with E-state index < -0.39 is 0 Å². The van der Waals surface area contributed by atoms with Crippen molar-refractivity contribution in [1.29, 1.82) is 0 Å². The van der Waals surface area contributed by atoms with Gasteiger partial charge in [-0.25, -0.2) is 0 Å². The van der Waals surface area contributed by atoms with Crippen LogP contribution in [0.1, 0.15) is 36.8 Å². The summed E-state index contributed by atoms with van der Waals surface area (Å²) in [6.07, 6.45) is 1.78. The van der Waals surface area contributed by atoms with Gasteiger partial charge in [0.1, 0.15) is 12.4 Å². The topological polar surface area (TPSA) is 74.6 Å². The number of benzene rings is 2. The van der Waals surface area contributed by atoms with Gasteiger partial charge in [-0.1, -0.05) is 6.07 Å². The number of aromatic nitrogens is 2. The molecule has 1 N–H and O–H groups in total. The third-order valence-corrected chi connectivity index (χ3v) is 4.32. The Balaban J connectivity index is 1.58. The van der Waals surface area contributed by atoms with E-state index >= 15 is 0 Å². The minimum absolute atomic E-state index is 0.242. The first-order valence-electron chi connectivity index (χ1n) is 10.1. The van der Waals surface area contributed by atoms with Gasteiger partial charge >= 0.3 is 0 Å². The molecule has 3 rings (SSSR count). The van der Waals surface area contributed by atoms with Gasteiger partial charge in [0.25, 0.3) is 5.91 Å². The zero-order valence-corrected chi connectivity index (χ0v) is 17.6. The monoisotopic (exact) mass is 409 g/mol. The maximum Gasteiger partial charge on any atom is 0.276 e. The number of carbonyl (C=O) groups excluding carboxylic acids is 1. The lowest BCUT2D eigenvalue weighted by Crippen LogP contribution is -2.13. The lowest BCUT2D eigenvalue weighted by atomic mass is 10.2. The molecule has 0 unspecified atom stereocenters. The van der Waals surface area contributed by atoms with E-state index in [-0.39, 0.29) is 5.91 Å². The molecule has 0 bridgehead atoms. The van der Waals surface area contributed by atoms with Crippen molar-refractivity contribution in [2.75, 3.05) is 18.5 Å². The second-order valence-corrected chi connectivity index (χ2v) is 6.47. The van der Waals surface area contributed by atoms with Crippen LogP contribution in [-0.2, 0) is 13.2 Å². The van der Waals surface area contributed by atoms with Crippen molar-refractivity contribution in [3.05, 3.63) is 66.0 Å². The van der Waals surface area contributed by atoms with Crippen molar-refractivity contribution < 1.29 is 19.0 Å². The summed E-state index contributed by atoms with van der Waals surface area (Å²) in [6.45, 7) is 8.12. The SMILES string of the molecule is CCOc1ccc(COc2ccc(NC(=O)c3ccn(CC)n3)cc2)cc1OCC. The van der Waals surface area contributed by atoms with Crippen LogP contribution in [0, 0.1) is 0 Å². The van der Waals surface area contributed by atoms with Crippen molar-refractivity contribution in [2.45, 2.75) is 33.9 Å². The zero-order chi connectivity index (χ0) is 21.3. The fraction of sp³-hybridized carbons (Fsp3) is 0.304. The Bertz CT molecular complexity index is 967. The highest BCUT2D eigenvalue weighted by atomic mass is 16.5. The molecule has 0 radical (unpaired) electrons. The number of nitrogens with zero attached hydrogens (tertiary/aromatic N) is 2. The molecule has 0 aliphatic carbocycles. The summed E-state index contributed by atoms with van der Waals surface area (Å²) < 4.78 is 18.8. The predicted octanol–water partition coefficient (Wildman–Crippen LogP) is 4.53. The van der Waals surface area contributed by atoms with E-state index in [1.54, 1.807) is 29.1 Å². The summed E-state index contributed by atoms with van der Waals surface area (Å²) in [7, 11) is 0. The second-order valence-electron chi connectivity index (χ2n) is 6.47. The largest absolute Gasteiger partial charge is 0.490 e. The fourth-order valence-electron chi connectivity index (χ4n) is 2.84. The predicted molar refractivity (Wildman–Crippen MR) is 115 cm³/mol. The minimum Gasteiger partial charge on any atom is -0.490 e. The van der Waals surface area contributed by atoms with Crippen molar-refractivity contribution in [3.63, 3.8) is 0 Å². The number of hydrogen-bond acceptors (Lipinski definition) is 5. The highest BCUT2D eigenvalue weighted by Gasteiger charge is 2.10. The maximum atomic E-state index is 12.3. The van der Waals surface area contributed by atoms with Gasteiger partial charge in [0, 0.05) is 18.4 Å². The van der Waals surface area contributed by atoms with Gasteiger partial charge in [-0.2, -0.15) is 5.10 Å². The molecule has 3 aromatic rings. The van der Waals surface area contributed by atoms with Crippen LogP contribution in [0.25, 0.3) is 0 Å². The first-order valence-corrected chi connectivity index (χ1v) is 10.1. The molecule has 7 nitrogen and oxygen atoms in total. The van der Waals surface area contributed by atoms with Gasteiger partial charge in [0.2, 0.25) is 0 Å². The van der Waals surface area contributed by atoms with E-state index in [9.17, 15) is 4.79 Å². The number of aryl methyl sites for hydroxylation is 1. The van der Waals surface area contributed by atoms with Crippen LogP contribution >= 0.6 is 0 Å². The molecule has 0 aliphatic heterocycles. The standard InChI is InChI=1S/C23H27N3O4/c1-4-26-14-13-20(25-26)23(27)24-18-8-10-19(11-9-18)30-16-17-7-12-21(28-5-2)22(15-17)29-6-3/h7-15H,4-6,16H2,1-3H3,(H,24,27). The Kier molecular flexibility index (Phi) is 7.32. The van der Waals surface area contributed by atoms with Gasteiger partial charge < -0.3 is 19.5 Å². The molecule has 158 valence electrons. The lowest BCUT2D eigenvalue weighted by molar-refractivity contribution is 0.102. The van der Waals surface area contributed by atoms with Crippen LogP contribution in [0.3, 0.4) is 0 Å². The molecule has 2 aromatic carbocycles. The third kappa shape index (κ3) is 5.53. The molecule has 0 atom stereocenters. The Morgan fingerprint density at radius 3 is 2.33 bits per heavy atom. The Morgan fingerprint density at radius 2 is 1.67 bits per heavy atom. The highest BCUT2D eigenvalue weighted by molar-refractivity contribution is 6.02. The Labute approximate surface area is 176 Å². The molecule has 0 fully saturated rings. The number of carbonyl (C=O) groups is 1. The number of ether oxygens (including phenoxy) is 3. The number of anilines is 1. The summed E-state index contributed by atoms with van der Waals surface area (Å²) in [5, 5.41) is 7.04. The number of hydrogen-bond donors (Lipinski definition) is 1. The Hall–Kier alpha value is -3.48. The minimum atomic E-state index is -0.242. The van der Waals surface area contributed by atoms with Crippen molar-refractivity contribution in [1.82, 2.24) is 9.78 Å². The molecule has 0 spiro atoms. The molecule has 7 heteroatoms. The average Bonchev–Trinajstić information content (AvgIpc) is 3.25. The second kappa shape index (κ2) is 10.3. The third-order valence-electron chi connectivity index (χ3n) is 4.32. The van der Waals surface area contributed by atoms with Crippen LogP contribution in [0.4, 0.5) is 5.69 Å². The fourth-order valence-corrected chi connectivity index (χ4v) is 2.84. The molecule has 0 saturated carbocycles. The van der Waals surface area contributed by atoms with Crippen LogP contribution in [0.15, 0.2) is 54.7 Å². The molecule has 1 amide bonds. The van der Waals surface area contributed by atoms with Crippen molar-refractivity contribution in [2.24, 2.45) is 0 Å². The van der Waals surface area contributed by atoms with Gasteiger partial charge in [0.05, 0.1) is 13.2 Å². The summed E-state index contributed by atoms with van der Waals surface area (Å²) in [5.74, 6) is 1.90. The maximum absolute atomic E-state index is 12.3. The number of amides is 1. The van der Waals surface area contributed by atoms with Crippen molar-refractivity contribution >= 4 is 11.6 Å². The number of nitrogens with one attached hydrogen (secondary N) is 1. The molecule has 0 aliphatic rings. The number of rotatable bonds is 10. The van der Waals surface area contributed by atoms with E-state index in [2.05, 4.69) is 10.4 Å². The zero-order valence-electron chi connectivity index (χ0n) is 17.6. The first kappa shape index (κ1) is 21.2. The van der Waals surface area contributed by atoms with Gasteiger partial charge in [-0.15, -0.1) is 0 Å². The summed E-state index contributed by atoms with van der Waals surface area (Å²) in [4.78, 5) is 12.3. The van der Waals surface area contributed by atoms with Crippen LogP contribution in [0.2, 0.25) is 0 Å². The summed E-state index contributed by atoms with van der Waals surface area (Å²) in [6, 6.07) is 14.7. The van der Waals surface area contributed by atoms with Crippen LogP contribution in [-0.4, -0.2) is 28.9 Å². The van der Waals surface area contributed by atoms with Gasteiger partial charge in [0.15, 0.2) is 17.2 Å². The Morgan fingerprint density at radius 1 is 0.933 bits per heavy atom. The lowest BCUT2D eigenvalue weighted by Gasteiger charge is -2.13. The van der Waals surface area contributed by atoms with Gasteiger partial charge in [-0.3, -0.25) is 9.48 Å². The van der Waals surface area contributed by atoms with Gasteiger partial charge in [-0.05, 0) is 68.8 Å². The average molecular weight is 409 g/mol. The van der Waals surface area contributed by atoms with Crippen LogP contribution < -0.4 is 19.5 Å². The van der Waals surface area contributed by atoms with E-state index in [0.717, 1.165) is 17.9 Å². The molecular weight excluding hydrogens is 382 g/mol. The van der Waals surface area contributed by atoms with E-state index in [1.165, 1.54) is 0 Å². The summed E-state index contributed by atoms with van der Waals surface area (Å²) in [5.41, 5.74) is 2.04.